The van der Waals surface area contributed by atoms with Gasteiger partial charge in [0.2, 0.25) is 0 Å². The van der Waals surface area contributed by atoms with E-state index in [1.54, 1.807) is 0 Å². The average Bonchev–Trinajstić information content (AvgIpc) is 2.87. The van der Waals surface area contributed by atoms with Gasteiger partial charge < -0.3 is 35.2 Å². The molecule has 0 aliphatic carbocycles. The summed E-state index contributed by atoms with van der Waals surface area (Å²) < 4.78 is 64.4. The summed E-state index contributed by atoms with van der Waals surface area (Å²) in [6, 6.07) is 1.17. The zero-order valence-corrected chi connectivity index (χ0v) is 17.3. The summed E-state index contributed by atoms with van der Waals surface area (Å²) >= 11 is 0. The highest BCUT2D eigenvalue weighted by Gasteiger charge is 2.50. The molecule has 0 radical (unpaired) electrons. The Morgan fingerprint density at radius 3 is 2.43 bits per heavy atom. The first-order chi connectivity index (χ1) is 13.6. The number of nitrogens with zero attached hydrogens (tertiary/aromatic N) is 2. The van der Waals surface area contributed by atoms with Crippen LogP contribution in [0.3, 0.4) is 0 Å². The number of halogens is 1. The summed E-state index contributed by atoms with van der Waals surface area (Å²) in [4.78, 5) is 50.7. The second-order valence-corrected chi connectivity index (χ2v) is 10.4. The highest BCUT2D eigenvalue weighted by Crippen LogP contribution is 2.66. The number of hydrogen-bond donors (Lipinski definition) is 6. The van der Waals surface area contributed by atoms with Crippen LogP contribution < -0.4 is 11.4 Å². The van der Waals surface area contributed by atoms with E-state index in [4.69, 9.17) is 25.2 Å². The lowest BCUT2D eigenvalue weighted by atomic mass is 9.99. The number of alkyl halides is 1. The number of nitrogen functional groups attached to an aromatic ring is 1. The first-order valence-corrected chi connectivity index (χ1v) is 12.1. The fraction of sp³-hybridized carbons (Fsp3) is 0.600. The van der Waals surface area contributed by atoms with E-state index in [1.807, 2.05) is 0 Å². The Kier molecular flexibility index (Phi) is 7.41. The van der Waals surface area contributed by atoms with Crippen LogP contribution in [0.5, 0.6) is 0 Å². The van der Waals surface area contributed by atoms with E-state index < -0.39 is 66.8 Å². The third-order valence-electron chi connectivity index (χ3n) is 3.54. The van der Waals surface area contributed by atoms with Crippen molar-refractivity contribution >= 4 is 29.3 Å². The zero-order valence-electron chi connectivity index (χ0n) is 14.6. The maximum Gasteiger partial charge on any atom is 0.490 e. The third kappa shape index (κ3) is 6.72. The molecule has 2 rings (SSSR count). The number of nitrogens with two attached hydrogens (primary N) is 1. The zero-order chi connectivity index (χ0) is 23.0. The molecule has 2 heterocycles. The number of aromatic nitrogens is 2. The molecule has 1 aliphatic heterocycles. The van der Waals surface area contributed by atoms with Crippen LogP contribution in [0.25, 0.3) is 0 Å². The van der Waals surface area contributed by atoms with E-state index in [0.717, 1.165) is 10.8 Å². The molecule has 0 spiro atoms. The van der Waals surface area contributed by atoms with Crippen LogP contribution in [-0.4, -0.2) is 59.2 Å². The molecule has 1 aromatic rings. The van der Waals surface area contributed by atoms with Crippen LogP contribution in [-0.2, 0) is 31.6 Å². The van der Waals surface area contributed by atoms with Crippen LogP contribution in [0.1, 0.15) is 12.6 Å². The van der Waals surface area contributed by atoms with Crippen molar-refractivity contribution in [2.45, 2.75) is 24.4 Å². The van der Waals surface area contributed by atoms with Crippen LogP contribution in [0.15, 0.2) is 17.1 Å². The molecule has 2 unspecified atom stereocenters. The SMILES string of the molecule is Nc1ccn([C@@H]2O[C@H](COP(=O)(O)OP(=O)(O)OP(=O)(O)O)C[C@]2(O)CF)c(=O)n1. The maximum atomic E-state index is 13.4. The van der Waals surface area contributed by atoms with Gasteiger partial charge >= 0.3 is 29.2 Å². The molecule has 16 nitrogen and oxygen atoms in total. The van der Waals surface area contributed by atoms with Gasteiger partial charge in [0.15, 0.2) is 6.23 Å². The van der Waals surface area contributed by atoms with Crippen molar-refractivity contribution in [3.8, 4) is 0 Å². The lowest BCUT2D eigenvalue weighted by Gasteiger charge is -2.26. The number of rotatable bonds is 9. The molecule has 30 heavy (non-hydrogen) atoms. The van der Waals surface area contributed by atoms with E-state index in [1.165, 1.54) is 6.07 Å². The van der Waals surface area contributed by atoms with Gasteiger partial charge in [-0.15, -0.1) is 0 Å². The van der Waals surface area contributed by atoms with Gasteiger partial charge in [0.1, 0.15) is 18.1 Å². The van der Waals surface area contributed by atoms with Crippen molar-refractivity contribution in [1.29, 1.82) is 0 Å². The van der Waals surface area contributed by atoms with Gasteiger partial charge in [0, 0.05) is 12.6 Å². The Balaban J connectivity index is 2.09. The minimum absolute atomic E-state index is 0.151. The Bertz CT molecular complexity index is 983. The van der Waals surface area contributed by atoms with Crippen LogP contribution >= 0.6 is 23.5 Å². The largest absolute Gasteiger partial charge is 0.490 e. The number of phosphoric acid groups is 3. The average molecular weight is 499 g/mol. The fourth-order valence-corrected chi connectivity index (χ4v) is 5.53. The fourth-order valence-electron chi connectivity index (χ4n) is 2.48. The molecule has 0 amide bonds. The first kappa shape index (κ1) is 25.2. The first-order valence-electron chi connectivity index (χ1n) is 7.63. The molecule has 1 saturated heterocycles. The highest BCUT2D eigenvalue weighted by atomic mass is 31.3. The van der Waals surface area contributed by atoms with Crippen molar-refractivity contribution in [3.05, 3.63) is 22.7 Å². The smallest absolute Gasteiger partial charge is 0.383 e. The third-order valence-corrected chi connectivity index (χ3v) is 7.34. The van der Waals surface area contributed by atoms with Gasteiger partial charge in [-0.1, -0.05) is 0 Å². The van der Waals surface area contributed by atoms with Gasteiger partial charge in [-0.3, -0.25) is 9.09 Å². The number of phosphoric ester groups is 1. The lowest BCUT2D eigenvalue weighted by Crippen LogP contribution is -2.42. The predicted molar refractivity (Wildman–Crippen MR) is 92.2 cm³/mol. The molecule has 172 valence electrons. The Hall–Kier alpha value is -1.06. The number of anilines is 1. The van der Waals surface area contributed by atoms with E-state index in [9.17, 15) is 32.9 Å². The van der Waals surface area contributed by atoms with Gasteiger partial charge in [-0.2, -0.15) is 13.6 Å². The van der Waals surface area contributed by atoms with Gasteiger partial charge in [0.05, 0.1) is 12.7 Å². The maximum absolute atomic E-state index is 13.4. The molecule has 1 fully saturated rings. The highest BCUT2D eigenvalue weighted by molar-refractivity contribution is 7.66. The van der Waals surface area contributed by atoms with E-state index >= 15 is 0 Å². The Labute approximate surface area is 166 Å². The minimum Gasteiger partial charge on any atom is -0.383 e. The van der Waals surface area contributed by atoms with Crippen LogP contribution in [0.2, 0.25) is 0 Å². The Morgan fingerprint density at radius 2 is 1.90 bits per heavy atom. The summed E-state index contributed by atoms with van der Waals surface area (Å²) in [5, 5.41) is 10.4. The summed E-state index contributed by atoms with van der Waals surface area (Å²) in [7, 11) is -16.7. The van der Waals surface area contributed by atoms with Gasteiger partial charge in [-0.05, 0) is 6.07 Å². The van der Waals surface area contributed by atoms with Crippen LogP contribution in [0.4, 0.5) is 10.2 Å². The number of aliphatic hydroxyl groups is 1. The minimum atomic E-state index is -5.72. The van der Waals surface area contributed by atoms with E-state index in [-0.39, 0.29) is 5.82 Å². The van der Waals surface area contributed by atoms with E-state index in [2.05, 4.69) is 18.1 Å². The molecule has 5 atom stereocenters. The van der Waals surface area contributed by atoms with Crippen LogP contribution in [0, 0.1) is 0 Å². The van der Waals surface area contributed by atoms with Crippen molar-refractivity contribution in [2.24, 2.45) is 0 Å². The summed E-state index contributed by atoms with van der Waals surface area (Å²) in [5.41, 5.74) is 2.08. The molecule has 1 aromatic heterocycles. The summed E-state index contributed by atoms with van der Waals surface area (Å²) in [5.74, 6) is -0.151. The normalized spacial score (nSPS) is 28.7. The molecule has 7 N–H and O–H groups in total. The summed E-state index contributed by atoms with van der Waals surface area (Å²) in [6.07, 6.45) is -2.44. The molecule has 0 saturated carbocycles. The summed E-state index contributed by atoms with van der Waals surface area (Å²) in [6.45, 7) is -2.33. The van der Waals surface area contributed by atoms with Gasteiger partial charge in [0.25, 0.3) is 0 Å². The lowest BCUT2D eigenvalue weighted by molar-refractivity contribution is -0.105. The quantitative estimate of drug-likeness (QED) is 0.227. The van der Waals surface area contributed by atoms with Crippen molar-refractivity contribution in [1.82, 2.24) is 9.55 Å². The molecular weight excluding hydrogens is 482 g/mol. The molecule has 20 heteroatoms. The molecule has 0 aromatic carbocycles. The molecular formula is C10H17FN3O13P3. The van der Waals surface area contributed by atoms with Crippen molar-refractivity contribution in [2.75, 3.05) is 19.0 Å². The second kappa shape index (κ2) is 8.82. The predicted octanol–water partition coefficient (Wildman–Crippen LogP) is -0.843. The topological polar surface area (TPSA) is 250 Å². The molecule has 1 aliphatic rings. The van der Waals surface area contributed by atoms with E-state index in [0.29, 0.717) is 0 Å². The van der Waals surface area contributed by atoms with Crippen molar-refractivity contribution < 1.29 is 60.6 Å². The standard InChI is InChI=1S/C10H17FN3O13P3/c11-5-10(16)3-6(25-8(10)14-2-1-7(12)13-9(14)15)4-24-29(20,21)27-30(22,23)26-28(17,18)19/h1-2,6,8,16H,3-5H2,(H,20,21)(H,22,23)(H2,12,13,15)(H2,17,18,19)/t6-,8+,10-/m0/s1. The van der Waals surface area contributed by atoms with Crippen molar-refractivity contribution in [3.63, 3.8) is 0 Å². The Morgan fingerprint density at radius 1 is 1.27 bits per heavy atom. The number of hydrogen-bond acceptors (Lipinski definition) is 11. The number of ether oxygens (including phenoxy) is 1. The molecule has 0 bridgehead atoms. The second-order valence-electron chi connectivity index (χ2n) is 5.98. The monoisotopic (exact) mass is 499 g/mol. The van der Waals surface area contributed by atoms with Gasteiger partial charge in [-0.25, -0.2) is 22.9 Å².